The molecule has 0 bridgehead atoms. The highest BCUT2D eigenvalue weighted by Crippen LogP contribution is 2.34. The Morgan fingerprint density at radius 3 is 2.65 bits per heavy atom. The highest BCUT2D eigenvalue weighted by molar-refractivity contribution is 7.25. The van der Waals surface area contributed by atoms with E-state index in [0.29, 0.717) is 11.4 Å². The average molecular weight is 324 g/mol. The van der Waals surface area contributed by atoms with Gasteiger partial charge in [0.2, 0.25) is 0 Å². The van der Waals surface area contributed by atoms with E-state index < -0.39 is 5.97 Å². The van der Waals surface area contributed by atoms with E-state index in [2.05, 4.69) is 22.1 Å². The molecule has 0 saturated heterocycles. The molecule has 2 heterocycles. The van der Waals surface area contributed by atoms with Gasteiger partial charge in [0.25, 0.3) is 0 Å². The molecule has 23 heavy (non-hydrogen) atoms. The van der Waals surface area contributed by atoms with Gasteiger partial charge in [-0.15, -0.1) is 11.3 Å². The van der Waals surface area contributed by atoms with Gasteiger partial charge in [0.15, 0.2) is 5.82 Å². The van der Waals surface area contributed by atoms with Crippen molar-refractivity contribution in [2.75, 3.05) is 0 Å². The monoisotopic (exact) mass is 324 g/mol. The van der Waals surface area contributed by atoms with Gasteiger partial charge in [0, 0.05) is 21.7 Å². The normalized spacial score (nSPS) is 15.2. The van der Waals surface area contributed by atoms with E-state index in [1.165, 1.54) is 6.42 Å². The summed E-state index contributed by atoms with van der Waals surface area (Å²) < 4.78 is 1.15. The summed E-state index contributed by atoms with van der Waals surface area (Å²) in [5.74, 6) is -0.559. The molecule has 1 saturated carbocycles. The molecule has 0 atom stereocenters. The Morgan fingerprint density at radius 2 is 1.87 bits per heavy atom. The molecular weight excluding hydrogens is 308 g/mol. The van der Waals surface area contributed by atoms with Crippen molar-refractivity contribution in [3.8, 4) is 0 Å². The number of carboxylic acids is 1. The summed E-state index contributed by atoms with van der Waals surface area (Å²) in [5, 5.41) is 11.8. The summed E-state index contributed by atoms with van der Waals surface area (Å²) >= 11 is 1.58. The molecule has 1 N–H and O–H groups in total. The minimum atomic E-state index is -0.914. The Hall–Kier alpha value is -2.27. The van der Waals surface area contributed by atoms with Gasteiger partial charge < -0.3 is 5.11 Å². The predicted molar refractivity (Wildman–Crippen MR) is 92.6 cm³/mol. The first-order valence-electron chi connectivity index (χ1n) is 7.84. The smallest absolute Gasteiger partial charge is 0.339 e. The van der Waals surface area contributed by atoms with Gasteiger partial charge in [-0.1, -0.05) is 30.2 Å². The first kappa shape index (κ1) is 14.3. The molecular formula is C18H16N2O2S. The highest BCUT2D eigenvalue weighted by Gasteiger charge is 2.22. The second-order valence-corrected chi connectivity index (χ2v) is 6.89. The van der Waals surface area contributed by atoms with Gasteiger partial charge in [0.05, 0.1) is 0 Å². The van der Waals surface area contributed by atoms with E-state index in [-0.39, 0.29) is 0 Å². The number of carbonyl (C=O) groups is 1. The van der Waals surface area contributed by atoms with Crippen LogP contribution in [0.5, 0.6) is 0 Å². The lowest BCUT2D eigenvalue weighted by atomic mass is 9.90. The summed E-state index contributed by atoms with van der Waals surface area (Å²) in [6, 6.07) is 8.10. The number of allylic oxidation sites excluding steroid dienone is 1. The van der Waals surface area contributed by atoms with E-state index in [1.54, 1.807) is 17.5 Å². The lowest BCUT2D eigenvalue weighted by Gasteiger charge is -2.16. The van der Waals surface area contributed by atoms with Crippen molar-refractivity contribution in [3.63, 3.8) is 0 Å². The molecule has 1 aromatic carbocycles. The minimum absolute atomic E-state index is 0.309. The van der Waals surface area contributed by atoms with Crippen molar-refractivity contribution in [2.24, 2.45) is 0 Å². The molecule has 1 aliphatic carbocycles. The number of aliphatic carboxylic acids is 1. The molecule has 116 valence electrons. The highest BCUT2D eigenvalue weighted by atomic mass is 32.1. The van der Waals surface area contributed by atoms with Gasteiger partial charge in [-0.3, -0.25) is 0 Å². The Bertz CT molecular complexity index is 935. The van der Waals surface area contributed by atoms with Crippen LogP contribution >= 0.6 is 11.3 Å². The fraction of sp³-hybridized carbons (Fsp3) is 0.278. The van der Waals surface area contributed by atoms with Crippen LogP contribution in [0, 0.1) is 0 Å². The third kappa shape index (κ3) is 2.51. The third-order valence-corrected chi connectivity index (χ3v) is 5.47. The topological polar surface area (TPSA) is 63.1 Å². The van der Waals surface area contributed by atoms with Crippen LogP contribution in [-0.2, 0) is 4.79 Å². The van der Waals surface area contributed by atoms with Crippen LogP contribution in [0.3, 0.4) is 0 Å². The molecule has 1 fully saturated rings. The van der Waals surface area contributed by atoms with Gasteiger partial charge in [0.1, 0.15) is 10.4 Å². The quantitative estimate of drug-likeness (QED) is 0.697. The van der Waals surface area contributed by atoms with E-state index in [1.807, 2.05) is 12.1 Å². The fourth-order valence-corrected chi connectivity index (χ4v) is 4.31. The first-order valence-corrected chi connectivity index (χ1v) is 8.65. The SMILES string of the molecule is O=C(O)C(=C1CCCCC1)c1ncc2c(n1)sc1ccccc12. The summed E-state index contributed by atoms with van der Waals surface area (Å²) in [7, 11) is 0. The summed E-state index contributed by atoms with van der Waals surface area (Å²) in [5.41, 5.74) is 1.30. The lowest BCUT2D eigenvalue weighted by Crippen LogP contribution is -2.09. The number of carboxylic acid groups (broad SMARTS) is 1. The molecule has 0 spiro atoms. The predicted octanol–water partition coefficient (Wildman–Crippen LogP) is 4.65. The number of benzene rings is 1. The molecule has 4 nitrogen and oxygen atoms in total. The second-order valence-electron chi connectivity index (χ2n) is 5.86. The second kappa shape index (κ2) is 5.74. The molecule has 1 aliphatic rings. The van der Waals surface area contributed by atoms with E-state index >= 15 is 0 Å². The van der Waals surface area contributed by atoms with Crippen LogP contribution in [0.1, 0.15) is 37.9 Å². The maximum Gasteiger partial charge on any atom is 0.339 e. The number of thiophene rings is 1. The zero-order valence-electron chi connectivity index (χ0n) is 12.6. The van der Waals surface area contributed by atoms with Gasteiger partial charge >= 0.3 is 5.97 Å². The number of hydrogen-bond acceptors (Lipinski definition) is 4. The fourth-order valence-electron chi connectivity index (χ4n) is 3.27. The molecule has 4 rings (SSSR count). The van der Waals surface area contributed by atoms with E-state index in [9.17, 15) is 9.90 Å². The van der Waals surface area contributed by atoms with Crippen molar-refractivity contribution in [1.82, 2.24) is 9.97 Å². The zero-order valence-corrected chi connectivity index (χ0v) is 13.4. The Labute approximate surface area is 137 Å². The van der Waals surface area contributed by atoms with Crippen LogP contribution in [0.2, 0.25) is 0 Å². The van der Waals surface area contributed by atoms with E-state index in [4.69, 9.17) is 0 Å². The average Bonchev–Trinajstić information content (AvgIpc) is 2.93. The number of nitrogens with zero attached hydrogens (tertiary/aromatic N) is 2. The number of fused-ring (bicyclic) bond motifs is 3. The lowest BCUT2D eigenvalue weighted by molar-refractivity contribution is -0.130. The molecule has 5 heteroatoms. The Morgan fingerprint density at radius 1 is 1.09 bits per heavy atom. The molecule has 0 unspecified atom stereocenters. The van der Waals surface area contributed by atoms with Gasteiger partial charge in [-0.05, 0) is 31.7 Å². The maximum absolute atomic E-state index is 11.8. The van der Waals surface area contributed by atoms with Crippen LogP contribution < -0.4 is 0 Å². The molecule has 3 aromatic rings. The van der Waals surface area contributed by atoms with Crippen molar-refractivity contribution < 1.29 is 9.90 Å². The number of hydrogen-bond donors (Lipinski definition) is 1. The van der Waals surface area contributed by atoms with Gasteiger partial charge in [-0.2, -0.15) is 0 Å². The Kier molecular flexibility index (Phi) is 3.58. The maximum atomic E-state index is 11.8. The molecule has 0 aliphatic heterocycles. The van der Waals surface area contributed by atoms with Crippen LogP contribution in [0.25, 0.3) is 25.9 Å². The molecule has 2 aromatic heterocycles. The zero-order chi connectivity index (χ0) is 15.8. The van der Waals surface area contributed by atoms with Crippen LogP contribution in [0.15, 0.2) is 36.0 Å². The third-order valence-electron chi connectivity index (χ3n) is 4.39. The summed E-state index contributed by atoms with van der Waals surface area (Å²) in [4.78, 5) is 21.6. The first-order chi connectivity index (χ1) is 11.2. The standard InChI is InChI=1S/C18H16N2O2S/c21-18(22)15(11-6-2-1-3-7-11)16-19-10-13-12-8-4-5-9-14(12)23-17(13)20-16/h4-5,8-10H,1-3,6-7H2,(H,21,22). The molecule has 0 amide bonds. The van der Waals surface area contributed by atoms with Crippen molar-refractivity contribution in [3.05, 3.63) is 41.9 Å². The number of rotatable bonds is 2. The van der Waals surface area contributed by atoms with Crippen molar-refractivity contribution in [1.29, 1.82) is 0 Å². The Balaban J connectivity index is 1.90. The van der Waals surface area contributed by atoms with Crippen LogP contribution in [0.4, 0.5) is 0 Å². The minimum Gasteiger partial charge on any atom is -0.478 e. The van der Waals surface area contributed by atoms with Crippen LogP contribution in [-0.4, -0.2) is 21.0 Å². The van der Waals surface area contributed by atoms with Gasteiger partial charge in [-0.25, -0.2) is 14.8 Å². The largest absolute Gasteiger partial charge is 0.478 e. The van der Waals surface area contributed by atoms with Crippen molar-refractivity contribution in [2.45, 2.75) is 32.1 Å². The number of aromatic nitrogens is 2. The summed E-state index contributed by atoms with van der Waals surface area (Å²) in [6.45, 7) is 0. The van der Waals surface area contributed by atoms with E-state index in [0.717, 1.165) is 51.6 Å². The summed E-state index contributed by atoms with van der Waals surface area (Å²) in [6.07, 6.45) is 6.73. The van der Waals surface area contributed by atoms with Crippen molar-refractivity contribution >= 4 is 43.2 Å². The molecule has 0 radical (unpaired) electrons.